The summed E-state index contributed by atoms with van der Waals surface area (Å²) >= 11 is 0. The molecule has 0 aliphatic carbocycles. The van der Waals surface area contributed by atoms with Gasteiger partial charge in [0.2, 0.25) is 5.91 Å². The number of carbonyl (C=O) groups excluding carboxylic acids is 2. The summed E-state index contributed by atoms with van der Waals surface area (Å²) in [5, 5.41) is 4.40. The van der Waals surface area contributed by atoms with E-state index in [1.54, 1.807) is 0 Å². The highest BCUT2D eigenvalue weighted by Crippen LogP contribution is 2.54. The zero-order valence-corrected chi connectivity index (χ0v) is 14.7. The summed E-state index contributed by atoms with van der Waals surface area (Å²) in [7, 11) is 0. The summed E-state index contributed by atoms with van der Waals surface area (Å²) in [5.74, 6) is -0.589. The van der Waals surface area contributed by atoms with Gasteiger partial charge < -0.3 is 0 Å². The predicted octanol–water partition coefficient (Wildman–Crippen LogP) is 2.61. The normalized spacial score (nSPS) is 31.5. The number of nitrogens with zero attached hydrogens (tertiary/aromatic N) is 3. The molecular weight excluding hydrogens is 326 g/mol. The van der Waals surface area contributed by atoms with E-state index in [1.807, 2.05) is 55.5 Å². The van der Waals surface area contributed by atoms with Crippen LogP contribution in [0.25, 0.3) is 0 Å². The van der Waals surface area contributed by atoms with Gasteiger partial charge in [-0.15, -0.1) is 0 Å². The highest BCUT2D eigenvalue weighted by Gasteiger charge is 2.70. The first kappa shape index (κ1) is 15.7. The van der Waals surface area contributed by atoms with Crippen LogP contribution in [-0.2, 0) is 9.59 Å². The van der Waals surface area contributed by atoms with Crippen molar-refractivity contribution in [1.82, 2.24) is 10.0 Å². The van der Waals surface area contributed by atoms with Crippen LogP contribution in [-0.4, -0.2) is 40.5 Å². The maximum absolute atomic E-state index is 13.5. The van der Waals surface area contributed by atoms with Crippen LogP contribution in [0.4, 0.5) is 5.69 Å². The van der Waals surface area contributed by atoms with E-state index in [9.17, 15) is 9.59 Å². The fraction of sp³-hybridized carbons (Fsp3) is 0.333. The van der Waals surface area contributed by atoms with Gasteiger partial charge in [0.05, 0.1) is 17.6 Å². The molecule has 0 bridgehead atoms. The Morgan fingerprint density at radius 3 is 2.27 bits per heavy atom. The molecule has 2 amide bonds. The van der Waals surface area contributed by atoms with Crippen molar-refractivity contribution in [3.63, 3.8) is 0 Å². The maximum atomic E-state index is 13.5. The molecule has 3 saturated heterocycles. The van der Waals surface area contributed by atoms with Gasteiger partial charge in [-0.3, -0.25) is 9.59 Å². The highest BCUT2D eigenvalue weighted by atomic mass is 16.2. The van der Waals surface area contributed by atoms with Gasteiger partial charge in [0.15, 0.2) is 0 Å². The number of hydrazine groups is 1. The first-order chi connectivity index (χ1) is 12.6. The maximum Gasteiger partial charge on any atom is 0.256 e. The lowest BCUT2D eigenvalue weighted by Gasteiger charge is -2.33. The Labute approximate surface area is 152 Å². The Bertz CT molecular complexity index is 869. The second-order valence-corrected chi connectivity index (χ2v) is 7.43. The molecule has 3 atom stereocenters. The van der Waals surface area contributed by atoms with Gasteiger partial charge in [0.1, 0.15) is 5.54 Å². The Morgan fingerprint density at radius 2 is 1.58 bits per heavy atom. The van der Waals surface area contributed by atoms with Crippen LogP contribution < -0.4 is 4.90 Å². The van der Waals surface area contributed by atoms with Crippen molar-refractivity contribution >= 4 is 17.5 Å². The number of hydrogen-bond acceptors (Lipinski definition) is 4. The molecule has 5 nitrogen and oxygen atoms in total. The molecule has 0 spiro atoms. The molecule has 132 valence electrons. The van der Waals surface area contributed by atoms with Crippen LogP contribution in [0.15, 0.2) is 60.7 Å². The van der Waals surface area contributed by atoms with Crippen molar-refractivity contribution in [2.75, 3.05) is 18.0 Å². The minimum absolute atomic E-state index is 0.0890. The summed E-state index contributed by atoms with van der Waals surface area (Å²) in [6.45, 7) is 3.65. The van der Waals surface area contributed by atoms with E-state index in [1.165, 1.54) is 4.90 Å². The summed E-state index contributed by atoms with van der Waals surface area (Å²) in [5.41, 5.74) is 0.948. The third kappa shape index (κ3) is 1.87. The lowest BCUT2D eigenvalue weighted by Crippen LogP contribution is -2.52. The zero-order valence-electron chi connectivity index (χ0n) is 14.7. The van der Waals surface area contributed by atoms with Gasteiger partial charge in [-0.05, 0) is 31.0 Å². The van der Waals surface area contributed by atoms with Crippen molar-refractivity contribution in [3.05, 3.63) is 66.2 Å². The molecule has 0 N–H and O–H groups in total. The molecular formula is C21H21N3O2. The van der Waals surface area contributed by atoms with Crippen molar-refractivity contribution in [2.24, 2.45) is 5.92 Å². The Morgan fingerprint density at radius 1 is 0.923 bits per heavy atom. The van der Waals surface area contributed by atoms with Gasteiger partial charge in [0.25, 0.3) is 5.91 Å². The van der Waals surface area contributed by atoms with Crippen molar-refractivity contribution in [1.29, 1.82) is 0 Å². The zero-order chi connectivity index (χ0) is 17.9. The van der Waals surface area contributed by atoms with E-state index in [-0.39, 0.29) is 17.9 Å². The standard InChI is InChI=1S/C21H21N3O2/c1-21-17(19(25)24(20(21)26)16-11-6-3-7-12-16)18(15-9-4-2-5-10-15)22-13-8-14-23(21)22/h2-7,9-12,17-18H,8,13-14H2,1H3/t17-,18-,21-/m0/s1. The van der Waals surface area contributed by atoms with E-state index in [0.717, 1.165) is 25.1 Å². The van der Waals surface area contributed by atoms with Gasteiger partial charge in [-0.1, -0.05) is 48.5 Å². The van der Waals surface area contributed by atoms with Crippen LogP contribution >= 0.6 is 0 Å². The summed E-state index contributed by atoms with van der Waals surface area (Å²) in [6.07, 6.45) is 1.01. The van der Waals surface area contributed by atoms with E-state index in [4.69, 9.17) is 0 Å². The van der Waals surface area contributed by atoms with Crippen LogP contribution in [0.2, 0.25) is 0 Å². The lowest BCUT2D eigenvalue weighted by molar-refractivity contribution is -0.131. The number of benzene rings is 2. The number of amides is 2. The van der Waals surface area contributed by atoms with Crippen LogP contribution in [0.3, 0.4) is 0 Å². The van der Waals surface area contributed by atoms with E-state index >= 15 is 0 Å². The lowest BCUT2D eigenvalue weighted by atomic mass is 9.81. The fourth-order valence-electron chi connectivity index (χ4n) is 4.98. The number of fused-ring (bicyclic) bond motifs is 3. The Kier molecular flexibility index (Phi) is 3.33. The summed E-state index contributed by atoms with van der Waals surface area (Å²) in [4.78, 5) is 28.3. The predicted molar refractivity (Wildman–Crippen MR) is 98.0 cm³/mol. The van der Waals surface area contributed by atoms with Crippen LogP contribution in [0, 0.1) is 5.92 Å². The Hall–Kier alpha value is -2.50. The first-order valence-corrected chi connectivity index (χ1v) is 9.16. The van der Waals surface area contributed by atoms with Gasteiger partial charge in [0, 0.05) is 13.1 Å². The SMILES string of the molecule is C[C@@]12C(=O)N(c3ccccc3)C(=O)[C@@H]1[C@H](c1ccccc1)N1CCCN12. The molecule has 0 unspecified atom stereocenters. The molecule has 0 aromatic heterocycles. The second kappa shape index (κ2) is 5.50. The third-order valence-electron chi connectivity index (χ3n) is 6.12. The Balaban J connectivity index is 1.65. The monoisotopic (exact) mass is 347 g/mol. The second-order valence-electron chi connectivity index (χ2n) is 7.43. The molecule has 5 heteroatoms. The van der Waals surface area contributed by atoms with E-state index in [2.05, 4.69) is 22.2 Å². The number of rotatable bonds is 2. The number of hydrogen-bond donors (Lipinski definition) is 0. The largest absolute Gasteiger partial charge is 0.274 e. The van der Waals surface area contributed by atoms with E-state index < -0.39 is 11.5 Å². The van der Waals surface area contributed by atoms with Gasteiger partial charge in [-0.25, -0.2) is 14.9 Å². The molecule has 3 fully saturated rings. The average Bonchev–Trinajstić information content (AvgIpc) is 3.29. The minimum Gasteiger partial charge on any atom is -0.274 e. The molecule has 5 rings (SSSR count). The molecule has 3 aliphatic heterocycles. The average molecular weight is 347 g/mol. The molecule has 3 heterocycles. The fourth-order valence-corrected chi connectivity index (χ4v) is 4.98. The van der Waals surface area contributed by atoms with Crippen LogP contribution in [0.5, 0.6) is 0 Å². The third-order valence-corrected chi connectivity index (χ3v) is 6.12. The van der Waals surface area contributed by atoms with Crippen LogP contribution in [0.1, 0.15) is 24.9 Å². The molecule has 0 saturated carbocycles. The first-order valence-electron chi connectivity index (χ1n) is 9.16. The van der Waals surface area contributed by atoms with Gasteiger partial charge in [-0.2, -0.15) is 0 Å². The minimum atomic E-state index is -0.816. The van der Waals surface area contributed by atoms with Crippen molar-refractivity contribution in [2.45, 2.75) is 24.9 Å². The highest BCUT2D eigenvalue weighted by molar-refractivity contribution is 6.25. The quantitative estimate of drug-likeness (QED) is 0.784. The summed E-state index contributed by atoms with van der Waals surface area (Å²) < 4.78 is 0. The number of anilines is 1. The van der Waals surface area contributed by atoms with Crippen molar-refractivity contribution in [3.8, 4) is 0 Å². The summed E-state index contributed by atoms with van der Waals surface area (Å²) in [6, 6.07) is 19.3. The smallest absolute Gasteiger partial charge is 0.256 e. The van der Waals surface area contributed by atoms with Gasteiger partial charge >= 0.3 is 0 Å². The molecule has 2 aromatic carbocycles. The molecule has 2 aromatic rings. The number of imide groups is 1. The number of para-hydroxylation sites is 1. The number of carbonyl (C=O) groups is 2. The molecule has 0 radical (unpaired) electrons. The molecule has 3 aliphatic rings. The topological polar surface area (TPSA) is 43.9 Å². The van der Waals surface area contributed by atoms with E-state index in [0.29, 0.717) is 5.69 Å². The van der Waals surface area contributed by atoms with Crippen molar-refractivity contribution < 1.29 is 9.59 Å². The molecule has 26 heavy (non-hydrogen) atoms.